The minimum atomic E-state index is 0.139. The maximum absolute atomic E-state index is 6.20. The number of aromatic nitrogens is 1. The molecule has 0 aliphatic carbocycles. The molecule has 2 heterocycles. The van der Waals surface area contributed by atoms with E-state index in [1.807, 2.05) is 12.1 Å². The van der Waals surface area contributed by atoms with Crippen LogP contribution >= 0.6 is 0 Å². The number of nitrogens with zero attached hydrogens (tertiary/aromatic N) is 1. The first-order valence-corrected chi connectivity index (χ1v) is 10.5. The van der Waals surface area contributed by atoms with Crippen LogP contribution in [0, 0.1) is 0 Å². The predicted molar refractivity (Wildman–Crippen MR) is 127 cm³/mol. The second-order valence-corrected chi connectivity index (χ2v) is 9.11. The van der Waals surface area contributed by atoms with Gasteiger partial charge in [-0.1, -0.05) is 69.3 Å². The van der Waals surface area contributed by atoms with Crippen LogP contribution in [-0.2, 0) is 5.41 Å². The highest BCUT2D eigenvalue weighted by Crippen LogP contribution is 2.38. The van der Waals surface area contributed by atoms with Crippen LogP contribution in [-0.4, -0.2) is 4.57 Å². The molecule has 0 radical (unpaired) electrons. The zero-order valence-corrected chi connectivity index (χ0v) is 17.4. The summed E-state index contributed by atoms with van der Waals surface area (Å²) in [7, 11) is 0. The molecular weight excluding hydrogens is 366 g/mol. The maximum Gasteiger partial charge on any atom is 0.137 e. The molecule has 0 atom stereocenters. The van der Waals surface area contributed by atoms with E-state index >= 15 is 0 Å². The lowest BCUT2D eigenvalue weighted by Crippen LogP contribution is -2.10. The maximum atomic E-state index is 6.20. The second-order valence-electron chi connectivity index (χ2n) is 9.11. The van der Waals surface area contributed by atoms with Gasteiger partial charge >= 0.3 is 0 Å². The molecule has 2 nitrogen and oxygen atoms in total. The molecule has 0 unspecified atom stereocenters. The predicted octanol–water partition coefficient (Wildman–Crippen LogP) is 7.98. The Morgan fingerprint density at radius 2 is 1.30 bits per heavy atom. The van der Waals surface area contributed by atoms with Gasteiger partial charge in [0.2, 0.25) is 0 Å². The highest BCUT2D eigenvalue weighted by molar-refractivity contribution is 6.17. The molecule has 146 valence electrons. The lowest BCUT2D eigenvalue weighted by Gasteiger charge is -2.19. The van der Waals surface area contributed by atoms with Crippen LogP contribution in [0.1, 0.15) is 26.3 Å². The zero-order chi connectivity index (χ0) is 20.5. The third-order valence-corrected chi connectivity index (χ3v) is 6.16. The molecule has 0 spiro atoms. The van der Waals surface area contributed by atoms with Crippen molar-refractivity contribution < 1.29 is 4.42 Å². The fraction of sp³-hybridized carbons (Fsp3) is 0.143. The quantitative estimate of drug-likeness (QED) is 0.279. The Morgan fingerprint density at radius 1 is 0.600 bits per heavy atom. The Morgan fingerprint density at radius 3 is 2.07 bits per heavy atom. The summed E-state index contributed by atoms with van der Waals surface area (Å²) in [5, 5.41) is 4.86. The summed E-state index contributed by atoms with van der Waals surface area (Å²) in [4.78, 5) is 0. The fourth-order valence-corrected chi connectivity index (χ4v) is 4.58. The fourth-order valence-electron chi connectivity index (χ4n) is 4.58. The molecule has 0 aliphatic rings. The van der Waals surface area contributed by atoms with Gasteiger partial charge in [-0.05, 0) is 41.3 Å². The van der Waals surface area contributed by atoms with E-state index < -0.39 is 0 Å². The Bertz CT molecular complexity index is 1560. The van der Waals surface area contributed by atoms with Crippen molar-refractivity contribution in [2.24, 2.45) is 0 Å². The summed E-state index contributed by atoms with van der Waals surface area (Å²) in [6.07, 6.45) is 0. The van der Waals surface area contributed by atoms with Gasteiger partial charge in [-0.15, -0.1) is 0 Å². The first-order chi connectivity index (χ1) is 14.5. The van der Waals surface area contributed by atoms with E-state index in [9.17, 15) is 0 Å². The number of furan rings is 1. The van der Waals surface area contributed by atoms with E-state index in [0.717, 1.165) is 11.2 Å². The van der Waals surface area contributed by atoms with Crippen molar-refractivity contribution >= 4 is 43.7 Å². The second kappa shape index (κ2) is 5.99. The van der Waals surface area contributed by atoms with Crippen LogP contribution < -0.4 is 0 Å². The average Bonchev–Trinajstić information content (AvgIpc) is 3.26. The van der Waals surface area contributed by atoms with Crippen molar-refractivity contribution in [2.45, 2.75) is 26.2 Å². The molecule has 30 heavy (non-hydrogen) atoms. The number of hydrogen-bond acceptors (Lipinski definition) is 1. The largest absolute Gasteiger partial charge is 0.456 e. The van der Waals surface area contributed by atoms with Crippen LogP contribution in [0.15, 0.2) is 89.3 Å². The van der Waals surface area contributed by atoms with E-state index in [-0.39, 0.29) is 5.41 Å². The monoisotopic (exact) mass is 389 g/mol. The van der Waals surface area contributed by atoms with Gasteiger partial charge in [-0.25, -0.2) is 0 Å². The third-order valence-electron chi connectivity index (χ3n) is 6.16. The van der Waals surface area contributed by atoms with Crippen LogP contribution in [0.2, 0.25) is 0 Å². The highest BCUT2D eigenvalue weighted by Gasteiger charge is 2.17. The lowest BCUT2D eigenvalue weighted by atomic mass is 9.87. The number of benzene rings is 4. The third kappa shape index (κ3) is 2.43. The topological polar surface area (TPSA) is 18.1 Å². The summed E-state index contributed by atoms with van der Waals surface area (Å²) in [6.45, 7) is 6.75. The zero-order valence-electron chi connectivity index (χ0n) is 17.4. The molecule has 0 amide bonds. The molecule has 0 bridgehead atoms. The smallest absolute Gasteiger partial charge is 0.137 e. The molecule has 4 aromatic carbocycles. The summed E-state index contributed by atoms with van der Waals surface area (Å²) in [5.41, 5.74) is 6.90. The number of para-hydroxylation sites is 2. The van der Waals surface area contributed by atoms with Crippen molar-refractivity contribution in [3.8, 4) is 5.69 Å². The van der Waals surface area contributed by atoms with Gasteiger partial charge in [0.25, 0.3) is 0 Å². The molecule has 2 heteroatoms. The van der Waals surface area contributed by atoms with Crippen LogP contribution in [0.3, 0.4) is 0 Å². The minimum Gasteiger partial charge on any atom is -0.456 e. The molecule has 0 fully saturated rings. The molecule has 2 aromatic heterocycles. The van der Waals surface area contributed by atoms with E-state index in [4.69, 9.17) is 4.42 Å². The number of rotatable bonds is 1. The Kier molecular flexibility index (Phi) is 3.47. The Balaban J connectivity index is 1.70. The Hall–Kier alpha value is -3.52. The molecule has 0 N–H and O–H groups in total. The molecule has 6 aromatic rings. The molecule has 0 saturated carbocycles. The van der Waals surface area contributed by atoms with Crippen molar-refractivity contribution in [3.63, 3.8) is 0 Å². The van der Waals surface area contributed by atoms with Gasteiger partial charge in [0.1, 0.15) is 11.2 Å². The number of fused-ring (bicyclic) bond motifs is 6. The molecule has 0 saturated heterocycles. The SMILES string of the molecule is CC(C)(C)c1ccc(-n2c3ccccc3c3cc4c(cc32)oc2ccccc24)cc1. The van der Waals surface area contributed by atoms with Gasteiger partial charge < -0.3 is 8.98 Å². The van der Waals surface area contributed by atoms with Crippen molar-refractivity contribution in [1.29, 1.82) is 0 Å². The van der Waals surface area contributed by atoms with Gasteiger partial charge in [-0.2, -0.15) is 0 Å². The highest BCUT2D eigenvalue weighted by atomic mass is 16.3. The van der Waals surface area contributed by atoms with E-state index in [0.29, 0.717) is 0 Å². The van der Waals surface area contributed by atoms with Gasteiger partial charge in [0.05, 0.1) is 11.0 Å². The van der Waals surface area contributed by atoms with Gasteiger partial charge in [0.15, 0.2) is 0 Å². The lowest BCUT2D eigenvalue weighted by molar-refractivity contribution is 0.590. The molecule has 6 rings (SSSR count). The molecule has 0 aliphatic heterocycles. The normalized spacial score (nSPS) is 12.5. The van der Waals surface area contributed by atoms with Gasteiger partial charge in [-0.3, -0.25) is 0 Å². The van der Waals surface area contributed by atoms with Crippen molar-refractivity contribution in [2.75, 3.05) is 0 Å². The first kappa shape index (κ1) is 17.3. The summed E-state index contributed by atoms with van der Waals surface area (Å²) >= 11 is 0. The standard InChI is InChI=1S/C28H23NO/c1-28(2,3)18-12-14-19(15-13-18)29-24-10-6-4-8-20(24)22-16-23-21-9-5-7-11-26(21)30-27(23)17-25(22)29/h4-17H,1-3H3. The van der Waals surface area contributed by atoms with E-state index in [2.05, 4.69) is 98.1 Å². The average molecular weight is 389 g/mol. The summed E-state index contributed by atoms with van der Waals surface area (Å²) in [5.74, 6) is 0. The first-order valence-electron chi connectivity index (χ1n) is 10.5. The van der Waals surface area contributed by atoms with E-state index in [1.165, 1.54) is 43.8 Å². The van der Waals surface area contributed by atoms with Crippen molar-refractivity contribution in [3.05, 3.63) is 90.5 Å². The van der Waals surface area contributed by atoms with Crippen LogP contribution in [0.25, 0.3) is 49.4 Å². The van der Waals surface area contributed by atoms with Gasteiger partial charge in [0, 0.05) is 33.3 Å². The number of hydrogen-bond donors (Lipinski definition) is 0. The van der Waals surface area contributed by atoms with Crippen LogP contribution in [0.5, 0.6) is 0 Å². The Labute approximate surface area is 175 Å². The van der Waals surface area contributed by atoms with Crippen LogP contribution in [0.4, 0.5) is 0 Å². The minimum absolute atomic E-state index is 0.139. The van der Waals surface area contributed by atoms with E-state index in [1.54, 1.807) is 0 Å². The van der Waals surface area contributed by atoms with Crippen molar-refractivity contribution in [1.82, 2.24) is 4.57 Å². The molecular formula is C28H23NO. The summed E-state index contributed by atoms with van der Waals surface area (Å²) < 4.78 is 8.55. The summed E-state index contributed by atoms with van der Waals surface area (Å²) in [6, 6.07) is 30.4.